The topological polar surface area (TPSA) is 49.4 Å². The first kappa shape index (κ1) is 16.5. The Labute approximate surface area is 132 Å². The van der Waals surface area contributed by atoms with E-state index in [9.17, 15) is 9.59 Å². The highest BCUT2D eigenvalue weighted by atomic mass is 16.2. The maximum Gasteiger partial charge on any atom is 0.227 e. The Bertz CT molecular complexity index is 540. The molecular formula is C18H26N2O2. The molecule has 1 fully saturated rings. The molecule has 1 N–H and O–H groups in total. The van der Waals surface area contributed by atoms with Crippen LogP contribution in [0.3, 0.4) is 0 Å². The Morgan fingerprint density at radius 1 is 1.41 bits per heavy atom. The van der Waals surface area contributed by atoms with E-state index in [-0.39, 0.29) is 17.7 Å². The van der Waals surface area contributed by atoms with Crippen molar-refractivity contribution in [3.63, 3.8) is 0 Å². The van der Waals surface area contributed by atoms with Gasteiger partial charge in [0.25, 0.3) is 0 Å². The molecule has 4 nitrogen and oxygen atoms in total. The summed E-state index contributed by atoms with van der Waals surface area (Å²) >= 11 is 0. The van der Waals surface area contributed by atoms with Crippen molar-refractivity contribution >= 4 is 17.5 Å². The minimum atomic E-state index is -0.230. The average Bonchev–Trinajstić information content (AvgIpc) is 2.89. The van der Waals surface area contributed by atoms with Gasteiger partial charge in [0, 0.05) is 25.2 Å². The van der Waals surface area contributed by atoms with Gasteiger partial charge in [-0.05, 0) is 30.0 Å². The number of hydrogen-bond donors (Lipinski definition) is 1. The molecule has 120 valence electrons. The van der Waals surface area contributed by atoms with Crippen molar-refractivity contribution in [2.24, 2.45) is 5.92 Å². The maximum atomic E-state index is 12.2. The molecule has 1 aliphatic rings. The van der Waals surface area contributed by atoms with Gasteiger partial charge < -0.3 is 10.2 Å². The van der Waals surface area contributed by atoms with Gasteiger partial charge in [0.2, 0.25) is 11.8 Å². The van der Waals surface area contributed by atoms with Crippen molar-refractivity contribution in [2.75, 3.05) is 18.0 Å². The lowest BCUT2D eigenvalue weighted by Crippen LogP contribution is -2.33. The number of carbonyl (C=O) groups is 2. The second-order valence-corrected chi connectivity index (χ2v) is 6.30. The zero-order valence-electron chi connectivity index (χ0n) is 13.8. The molecule has 0 spiro atoms. The molecule has 0 aliphatic carbocycles. The first-order valence-electron chi connectivity index (χ1n) is 8.21. The van der Waals surface area contributed by atoms with Crippen molar-refractivity contribution in [3.05, 3.63) is 29.8 Å². The van der Waals surface area contributed by atoms with Crippen molar-refractivity contribution in [3.8, 4) is 0 Å². The highest BCUT2D eigenvalue weighted by Gasteiger charge is 2.34. The van der Waals surface area contributed by atoms with Crippen LogP contribution < -0.4 is 10.2 Å². The summed E-state index contributed by atoms with van der Waals surface area (Å²) in [6, 6.07) is 8.05. The smallest absolute Gasteiger partial charge is 0.227 e. The molecule has 1 unspecified atom stereocenters. The lowest BCUT2D eigenvalue weighted by atomic mass is 10.0. The third-order valence-electron chi connectivity index (χ3n) is 4.17. The number of amides is 2. The molecule has 0 saturated carbocycles. The second-order valence-electron chi connectivity index (χ2n) is 6.30. The first-order valence-corrected chi connectivity index (χ1v) is 8.21. The largest absolute Gasteiger partial charge is 0.356 e. The van der Waals surface area contributed by atoms with Gasteiger partial charge in [-0.1, -0.05) is 39.3 Å². The maximum absolute atomic E-state index is 12.2. The van der Waals surface area contributed by atoms with Gasteiger partial charge in [-0.25, -0.2) is 0 Å². The number of rotatable bonds is 6. The predicted octanol–water partition coefficient (Wildman–Crippen LogP) is 3.08. The van der Waals surface area contributed by atoms with Gasteiger partial charge in [-0.3, -0.25) is 9.59 Å². The minimum absolute atomic E-state index is 0.00399. The van der Waals surface area contributed by atoms with E-state index in [0.29, 0.717) is 25.4 Å². The Morgan fingerprint density at radius 3 is 2.86 bits per heavy atom. The first-order chi connectivity index (χ1) is 10.5. The zero-order valence-corrected chi connectivity index (χ0v) is 13.8. The Morgan fingerprint density at radius 2 is 2.18 bits per heavy atom. The molecule has 1 atom stereocenters. The fourth-order valence-electron chi connectivity index (χ4n) is 2.72. The van der Waals surface area contributed by atoms with Gasteiger partial charge in [0.15, 0.2) is 0 Å². The minimum Gasteiger partial charge on any atom is -0.356 e. The SMILES string of the molecule is CCCCNC(=O)C1CC(=O)N(c2cccc(C(C)C)c2)C1. The summed E-state index contributed by atoms with van der Waals surface area (Å²) in [6.07, 6.45) is 2.34. The van der Waals surface area contributed by atoms with Crippen LogP contribution in [0.1, 0.15) is 51.5 Å². The molecule has 0 bridgehead atoms. The molecule has 1 saturated heterocycles. The summed E-state index contributed by atoms with van der Waals surface area (Å²) in [7, 11) is 0. The Balaban J connectivity index is 2.03. The molecule has 22 heavy (non-hydrogen) atoms. The van der Waals surface area contributed by atoms with Crippen LogP contribution in [0.15, 0.2) is 24.3 Å². The zero-order chi connectivity index (χ0) is 16.1. The second kappa shape index (κ2) is 7.43. The Hall–Kier alpha value is -1.84. The molecule has 1 aromatic carbocycles. The highest BCUT2D eigenvalue weighted by molar-refractivity contribution is 6.00. The Kier molecular flexibility index (Phi) is 5.58. The van der Waals surface area contributed by atoms with Crippen molar-refractivity contribution in [2.45, 2.75) is 46.0 Å². The van der Waals surface area contributed by atoms with E-state index in [0.717, 1.165) is 18.5 Å². The highest BCUT2D eigenvalue weighted by Crippen LogP contribution is 2.27. The van der Waals surface area contributed by atoms with Gasteiger partial charge in [-0.2, -0.15) is 0 Å². The van der Waals surface area contributed by atoms with Gasteiger partial charge >= 0.3 is 0 Å². The van der Waals surface area contributed by atoms with Crippen LogP contribution in [0.4, 0.5) is 5.69 Å². The normalized spacial score (nSPS) is 18.1. The standard InChI is InChI=1S/C18H26N2O2/c1-4-5-9-19-18(22)15-11-17(21)20(12-15)16-8-6-7-14(10-16)13(2)3/h6-8,10,13,15H,4-5,9,11-12H2,1-3H3,(H,19,22). The van der Waals surface area contributed by atoms with Crippen LogP contribution in [-0.2, 0) is 9.59 Å². The van der Waals surface area contributed by atoms with E-state index in [1.54, 1.807) is 4.90 Å². The summed E-state index contributed by atoms with van der Waals surface area (Å²) in [4.78, 5) is 26.1. The molecule has 2 amide bonds. The lowest BCUT2D eigenvalue weighted by molar-refractivity contribution is -0.126. The number of carbonyl (C=O) groups excluding carboxylic acids is 2. The molecule has 0 aromatic heterocycles. The average molecular weight is 302 g/mol. The van der Waals surface area contributed by atoms with E-state index in [1.807, 2.05) is 12.1 Å². The van der Waals surface area contributed by atoms with E-state index < -0.39 is 0 Å². The summed E-state index contributed by atoms with van der Waals surface area (Å²) < 4.78 is 0. The van der Waals surface area contributed by atoms with Crippen LogP contribution in [-0.4, -0.2) is 24.9 Å². The van der Waals surface area contributed by atoms with Crippen molar-refractivity contribution in [1.29, 1.82) is 0 Å². The molecule has 1 aliphatic heterocycles. The van der Waals surface area contributed by atoms with Crippen LogP contribution >= 0.6 is 0 Å². The fourth-order valence-corrected chi connectivity index (χ4v) is 2.72. The number of unbranched alkanes of at least 4 members (excludes halogenated alkanes) is 1. The summed E-state index contributed by atoms with van der Waals surface area (Å²) in [5.74, 6) is 0.235. The van der Waals surface area contributed by atoms with Crippen LogP contribution in [0, 0.1) is 5.92 Å². The van der Waals surface area contributed by atoms with Crippen LogP contribution in [0.5, 0.6) is 0 Å². The van der Waals surface area contributed by atoms with Gasteiger partial charge in [0.05, 0.1) is 5.92 Å². The lowest BCUT2D eigenvalue weighted by Gasteiger charge is -2.18. The number of nitrogens with one attached hydrogen (secondary N) is 1. The predicted molar refractivity (Wildman–Crippen MR) is 88.9 cm³/mol. The number of anilines is 1. The molecule has 1 heterocycles. The molecule has 0 radical (unpaired) electrons. The third kappa shape index (κ3) is 3.87. The summed E-state index contributed by atoms with van der Waals surface area (Å²) in [5, 5.41) is 2.93. The molecule has 4 heteroatoms. The summed E-state index contributed by atoms with van der Waals surface area (Å²) in [6.45, 7) is 7.54. The van der Waals surface area contributed by atoms with E-state index in [1.165, 1.54) is 5.56 Å². The quantitative estimate of drug-likeness (QED) is 0.821. The van der Waals surface area contributed by atoms with Crippen molar-refractivity contribution < 1.29 is 9.59 Å². The van der Waals surface area contributed by atoms with Gasteiger partial charge in [0.1, 0.15) is 0 Å². The molecule has 2 rings (SSSR count). The van der Waals surface area contributed by atoms with Crippen LogP contribution in [0.25, 0.3) is 0 Å². The van der Waals surface area contributed by atoms with Crippen LogP contribution in [0.2, 0.25) is 0 Å². The van der Waals surface area contributed by atoms with Gasteiger partial charge in [-0.15, -0.1) is 0 Å². The fraction of sp³-hybridized carbons (Fsp3) is 0.556. The van der Waals surface area contributed by atoms with E-state index in [2.05, 4.69) is 38.2 Å². The third-order valence-corrected chi connectivity index (χ3v) is 4.17. The molecular weight excluding hydrogens is 276 g/mol. The van der Waals surface area contributed by atoms with E-state index >= 15 is 0 Å². The van der Waals surface area contributed by atoms with Crippen molar-refractivity contribution in [1.82, 2.24) is 5.32 Å². The summed E-state index contributed by atoms with van der Waals surface area (Å²) in [5.41, 5.74) is 2.11. The van der Waals surface area contributed by atoms with E-state index in [4.69, 9.17) is 0 Å². The number of nitrogens with zero attached hydrogens (tertiary/aromatic N) is 1. The number of benzene rings is 1. The number of hydrogen-bond acceptors (Lipinski definition) is 2. The monoisotopic (exact) mass is 302 g/mol. The molecule has 1 aromatic rings.